The third kappa shape index (κ3) is 6.66. The molecule has 2 atom stereocenters. The summed E-state index contributed by atoms with van der Waals surface area (Å²) >= 11 is 3.11. The van der Waals surface area contributed by atoms with Crippen molar-refractivity contribution >= 4 is 28.2 Å². The van der Waals surface area contributed by atoms with Crippen LogP contribution in [0.25, 0.3) is 0 Å². The number of carbonyl (C=O) groups excluding carboxylic acids is 2. The fourth-order valence-corrected chi connectivity index (χ4v) is 1.70. The van der Waals surface area contributed by atoms with Crippen molar-refractivity contribution in [3.8, 4) is 0 Å². The Kier molecular flexibility index (Phi) is 9.13. The summed E-state index contributed by atoms with van der Waals surface area (Å²) in [6, 6.07) is 0.258. The SMILES string of the molecule is CCC(CNC(=O)CBr)CN(C=O)C(C)CC. The van der Waals surface area contributed by atoms with Crippen molar-refractivity contribution in [1.82, 2.24) is 10.2 Å². The zero-order valence-corrected chi connectivity index (χ0v) is 12.5. The first-order valence-electron chi connectivity index (χ1n) is 6.12. The molecule has 0 saturated heterocycles. The van der Waals surface area contributed by atoms with E-state index in [0.29, 0.717) is 24.3 Å². The molecule has 0 radical (unpaired) electrons. The van der Waals surface area contributed by atoms with Crippen LogP contribution in [0.2, 0.25) is 0 Å². The summed E-state index contributed by atoms with van der Waals surface area (Å²) in [6.07, 6.45) is 2.80. The summed E-state index contributed by atoms with van der Waals surface area (Å²) in [5, 5.41) is 3.17. The lowest BCUT2D eigenvalue weighted by Gasteiger charge is -2.28. The Morgan fingerprint density at radius 3 is 2.47 bits per heavy atom. The maximum Gasteiger partial charge on any atom is 0.230 e. The van der Waals surface area contributed by atoms with Gasteiger partial charge in [-0.05, 0) is 25.7 Å². The van der Waals surface area contributed by atoms with Gasteiger partial charge in [-0.1, -0.05) is 29.8 Å². The van der Waals surface area contributed by atoms with Gasteiger partial charge in [0.25, 0.3) is 0 Å². The number of hydrogen-bond acceptors (Lipinski definition) is 2. The van der Waals surface area contributed by atoms with Crippen LogP contribution in [0.4, 0.5) is 0 Å². The average molecular weight is 307 g/mol. The van der Waals surface area contributed by atoms with Crippen LogP contribution in [0, 0.1) is 5.92 Å². The molecule has 1 N–H and O–H groups in total. The van der Waals surface area contributed by atoms with Gasteiger partial charge in [-0.2, -0.15) is 0 Å². The van der Waals surface area contributed by atoms with Crippen molar-refractivity contribution in [1.29, 1.82) is 0 Å². The Morgan fingerprint density at radius 2 is 2.06 bits per heavy atom. The van der Waals surface area contributed by atoms with E-state index in [1.807, 2.05) is 11.8 Å². The fourth-order valence-electron chi connectivity index (χ4n) is 1.50. The summed E-state index contributed by atoms with van der Waals surface area (Å²) in [7, 11) is 0. The van der Waals surface area contributed by atoms with Crippen molar-refractivity contribution in [3.05, 3.63) is 0 Å². The molecular weight excluding hydrogens is 284 g/mol. The van der Waals surface area contributed by atoms with E-state index in [2.05, 4.69) is 35.1 Å². The lowest BCUT2D eigenvalue weighted by molar-refractivity contribution is -0.120. The summed E-state index contributed by atoms with van der Waals surface area (Å²) in [6.45, 7) is 7.51. The smallest absolute Gasteiger partial charge is 0.230 e. The van der Waals surface area contributed by atoms with Gasteiger partial charge in [0.1, 0.15) is 0 Å². The molecule has 0 saturated carbocycles. The van der Waals surface area contributed by atoms with Gasteiger partial charge in [-0.3, -0.25) is 9.59 Å². The third-order valence-electron chi connectivity index (χ3n) is 3.05. The van der Waals surface area contributed by atoms with Crippen LogP contribution < -0.4 is 5.32 Å². The minimum Gasteiger partial charge on any atom is -0.355 e. The molecule has 0 spiro atoms. The summed E-state index contributed by atoms with van der Waals surface area (Å²) < 4.78 is 0. The van der Waals surface area contributed by atoms with Crippen LogP contribution in [0.15, 0.2) is 0 Å². The second kappa shape index (κ2) is 9.45. The number of nitrogens with zero attached hydrogens (tertiary/aromatic N) is 1. The van der Waals surface area contributed by atoms with Gasteiger partial charge in [0.2, 0.25) is 12.3 Å². The highest BCUT2D eigenvalue weighted by Gasteiger charge is 2.15. The lowest BCUT2D eigenvalue weighted by Crippen LogP contribution is -2.40. The molecule has 100 valence electrons. The van der Waals surface area contributed by atoms with Crippen LogP contribution >= 0.6 is 15.9 Å². The molecule has 5 heteroatoms. The minimum absolute atomic E-state index is 0.00959. The van der Waals surface area contributed by atoms with Crippen LogP contribution in [0.1, 0.15) is 33.6 Å². The molecule has 0 aliphatic rings. The lowest BCUT2D eigenvalue weighted by atomic mass is 10.0. The first kappa shape index (κ1) is 16.4. The molecule has 2 unspecified atom stereocenters. The zero-order chi connectivity index (χ0) is 13.3. The number of halogens is 1. The van der Waals surface area contributed by atoms with Gasteiger partial charge in [0.05, 0.1) is 5.33 Å². The molecule has 17 heavy (non-hydrogen) atoms. The normalized spacial score (nSPS) is 13.9. The van der Waals surface area contributed by atoms with Crippen LogP contribution in [-0.2, 0) is 9.59 Å². The molecule has 0 rings (SSSR count). The monoisotopic (exact) mass is 306 g/mol. The van der Waals surface area contributed by atoms with Gasteiger partial charge in [-0.15, -0.1) is 0 Å². The number of carbonyl (C=O) groups is 2. The standard InChI is InChI=1S/C12H23BrN2O2/c1-4-10(3)15(9-16)8-11(5-2)7-14-12(17)6-13/h9-11H,4-8H2,1-3H3,(H,14,17). The Labute approximate surface area is 112 Å². The largest absolute Gasteiger partial charge is 0.355 e. The molecule has 0 fully saturated rings. The summed E-state index contributed by atoms with van der Waals surface area (Å²) in [5.74, 6) is 0.307. The quantitative estimate of drug-likeness (QED) is 0.521. The number of hydrogen-bond donors (Lipinski definition) is 1. The second-order valence-electron chi connectivity index (χ2n) is 4.27. The first-order chi connectivity index (χ1) is 8.08. The number of alkyl halides is 1. The molecule has 0 aromatic rings. The Balaban J connectivity index is 4.17. The van der Waals surface area contributed by atoms with Crippen LogP contribution in [0.3, 0.4) is 0 Å². The van der Waals surface area contributed by atoms with Crippen LogP contribution in [-0.4, -0.2) is 41.7 Å². The molecule has 4 nitrogen and oxygen atoms in total. The highest BCUT2D eigenvalue weighted by atomic mass is 79.9. The van der Waals surface area contributed by atoms with Gasteiger partial charge < -0.3 is 10.2 Å². The topological polar surface area (TPSA) is 49.4 Å². The minimum atomic E-state index is -0.00959. The number of rotatable bonds is 9. The highest BCUT2D eigenvalue weighted by Crippen LogP contribution is 2.08. The maximum absolute atomic E-state index is 11.1. The molecule has 2 amide bonds. The molecule has 0 aliphatic carbocycles. The molecule has 0 heterocycles. The highest BCUT2D eigenvalue weighted by molar-refractivity contribution is 9.09. The van der Waals surface area contributed by atoms with Crippen molar-refractivity contribution < 1.29 is 9.59 Å². The van der Waals surface area contributed by atoms with Gasteiger partial charge in [0, 0.05) is 19.1 Å². The van der Waals surface area contributed by atoms with Gasteiger partial charge >= 0.3 is 0 Å². The van der Waals surface area contributed by atoms with Crippen molar-refractivity contribution in [3.63, 3.8) is 0 Å². The van der Waals surface area contributed by atoms with Gasteiger partial charge in [-0.25, -0.2) is 0 Å². The molecule has 0 bridgehead atoms. The Bertz CT molecular complexity index is 237. The molecule has 0 aromatic heterocycles. The number of nitrogens with one attached hydrogen (secondary N) is 1. The molecule has 0 aliphatic heterocycles. The summed E-state index contributed by atoms with van der Waals surface area (Å²) in [5.41, 5.74) is 0. The van der Waals surface area contributed by atoms with E-state index in [1.165, 1.54) is 0 Å². The zero-order valence-electron chi connectivity index (χ0n) is 10.9. The second-order valence-corrected chi connectivity index (χ2v) is 4.83. The maximum atomic E-state index is 11.1. The first-order valence-corrected chi connectivity index (χ1v) is 7.24. The Morgan fingerprint density at radius 1 is 1.41 bits per heavy atom. The van der Waals surface area contributed by atoms with Crippen molar-refractivity contribution in [2.75, 3.05) is 18.4 Å². The van der Waals surface area contributed by atoms with E-state index in [4.69, 9.17) is 0 Å². The van der Waals surface area contributed by atoms with E-state index in [0.717, 1.165) is 19.3 Å². The fraction of sp³-hybridized carbons (Fsp3) is 0.833. The number of amides is 2. The third-order valence-corrected chi connectivity index (χ3v) is 3.56. The Hall–Kier alpha value is -0.580. The van der Waals surface area contributed by atoms with E-state index in [1.54, 1.807) is 0 Å². The molecule has 0 aromatic carbocycles. The van der Waals surface area contributed by atoms with E-state index in [-0.39, 0.29) is 11.9 Å². The van der Waals surface area contributed by atoms with E-state index < -0.39 is 0 Å². The van der Waals surface area contributed by atoms with E-state index in [9.17, 15) is 9.59 Å². The van der Waals surface area contributed by atoms with Gasteiger partial charge in [0.15, 0.2) is 0 Å². The van der Waals surface area contributed by atoms with Crippen LogP contribution in [0.5, 0.6) is 0 Å². The predicted octanol–water partition coefficient (Wildman–Crippen LogP) is 1.78. The summed E-state index contributed by atoms with van der Waals surface area (Å²) in [4.78, 5) is 23.9. The van der Waals surface area contributed by atoms with Crippen molar-refractivity contribution in [2.24, 2.45) is 5.92 Å². The van der Waals surface area contributed by atoms with E-state index >= 15 is 0 Å². The van der Waals surface area contributed by atoms with Crippen molar-refractivity contribution in [2.45, 2.75) is 39.7 Å². The predicted molar refractivity (Wildman–Crippen MR) is 73.1 cm³/mol. The average Bonchev–Trinajstić information content (AvgIpc) is 2.37. The molecular formula is C12H23BrN2O2.